The van der Waals surface area contributed by atoms with Gasteiger partial charge in [-0.25, -0.2) is 0 Å². The molecule has 0 bridgehead atoms. The molecule has 3 atom stereocenters. The van der Waals surface area contributed by atoms with E-state index in [4.69, 9.17) is 21.2 Å². The quantitative estimate of drug-likeness (QED) is 0.723. The van der Waals surface area contributed by atoms with Gasteiger partial charge in [-0.15, -0.1) is 0 Å². The van der Waals surface area contributed by atoms with Crippen LogP contribution in [0, 0.1) is 0 Å². The molecule has 0 radical (unpaired) electrons. The van der Waals surface area contributed by atoms with Gasteiger partial charge in [-0.1, -0.05) is 6.92 Å². The zero-order valence-corrected chi connectivity index (χ0v) is 16.9. The van der Waals surface area contributed by atoms with Crippen LogP contribution < -0.4 is 0 Å². The van der Waals surface area contributed by atoms with E-state index >= 15 is 0 Å². The topological polar surface area (TPSA) is 46.2 Å². The lowest BCUT2D eigenvalue weighted by atomic mass is 10.5. The van der Waals surface area contributed by atoms with Crippen LogP contribution in [-0.2, 0) is 21.2 Å². The molecule has 1 fully saturated rings. The predicted molar refractivity (Wildman–Crippen MR) is 80.7 cm³/mol. The van der Waals surface area contributed by atoms with Crippen molar-refractivity contribution in [2.75, 3.05) is 6.61 Å². The first-order valence-corrected chi connectivity index (χ1v) is 15.0. The Balaban J connectivity index is 2.83. The summed E-state index contributed by atoms with van der Waals surface area (Å²) in [5.74, 6) is 0. The monoisotopic (exact) mass is 326 g/mol. The Morgan fingerprint density at radius 1 is 1.28 bits per heavy atom. The first-order chi connectivity index (χ1) is 8.33. The van der Waals surface area contributed by atoms with E-state index in [1.54, 1.807) is 0 Å². The first kappa shape index (κ1) is 16.7. The fourth-order valence-corrected chi connectivity index (χ4v) is 16.7. The lowest BCUT2D eigenvalue weighted by molar-refractivity contribution is 0.0782. The summed E-state index contributed by atoms with van der Waals surface area (Å²) < 4.78 is 30.0. The minimum atomic E-state index is -2.36. The van der Waals surface area contributed by atoms with Gasteiger partial charge < -0.3 is 21.2 Å². The summed E-state index contributed by atoms with van der Waals surface area (Å²) >= 11 is 0. The Hall–Kier alpha value is 0.668. The Morgan fingerprint density at radius 2 is 1.94 bits per heavy atom. The molecule has 108 valence electrons. The third-order valence-corrected chi connectivity index (χ3v) is 17.0. The maximum atomic E-state index is 6.34. The molecule has 5 nitrogen and oxygen atoms in total. The van der Waals surface area contributed by atoms with Gasteiger partial charge in [-0.3, -0.25) is 0 Å². The standard InChI is InChI=1S/C9H26O5Si4/c1-7-9(10-8-2)18(6)12-15-11-16(3)13-17(4,5)14-18/h9,16H,7-8,15H2,1-6H3. The molecule has 1 rings (SSSR count). The summed E-state index contributed by atoms with van der Waals surface area (Å²) in [5.41, 5.74) is 0.0593. The van der Waals surface area contributed by atoms with E-state index in [0.29, 0.717) is 6.61 Å². The van der Waals surface area contributed by atoms with E-state index in [9.17, 15) is 0 Å². The van der Waals surface area contributed by atoms with E-state index in [0.717, 1.165) is 6.42 Å². The van der Waals surface area contributed by atoms with E-state index in [2.05, 4.69) is 26.6 Å². The third kappa shape index (κ3) is 4.65. The Bertz CT molecular complexity index is 267. The van der Waals surface area contributed by atoms with Crippen molar-refractivity contribution in [1.29, 1.82) is 0 Å². The van der Waals surface area contributed by atoms with Crippen LogP contribution in [0.4, 0.5) is 0 Å². The number of rotatable bonds is 4. The molecule has 0 spiro atoms. The molecule has 1 aliphatic heterocycles. The van der Waals surface area contributed by atoms with Crippen molar-refractivity contribution in [3.63, 3.8) is 0 Å². The minimum Gasteiger partial charge on any atom is -0.423 e. The second-order valence-electron chi connectivity index (χ2n) is 4.98. The van der Waals surface area contributed by atoms with Crippen molar-refractivity contribution in [1.82, 2.24) is 0 Å². The van der Waals surface area contributed by atoms with Gasteiger partial charge in [0.25, 0.3) is 19.3 Å². The van der Waals surface area contributed by atoms with E-state index < -0.39 is 36.4 Å². The molecular formula is C9H26O5Si4. The largest absolute Gasteiger partial charge is 0.423 e. The van der Waals surface area contributed by atoms with Crippen LogP contribution >= 0.6 is 0 Å². The molecule has 1 aliphatic rings. The Kier molecular flexibility index (Phi) is 6.41. The lowest BCUT2D eigenvalue weighted by Gasteiger charge is -2.42. The summed E-state index contributed by atoms with van der Waals surface area (Å²) in [4.78, 5) is 0. The fourth-order valence-electron chi connectivity index (χ4n) is 2.22. The highest BCUT2D eigenvalue weighted by Crippen LogP contribution is 2.25. The van der Waals surface area contributed by atoms with Crippen molar-refractivity contribution < 1.29 is 21.2 Å². The zero-order valence-electron chi connectivity index (χ0n) is 12.3. The average Bonchev–Trinajstić information content (AvgIpc) is 2.22. The summed E-state index contributed by atoms with van der Waals surface area (Å²) in [6.45, 7) is 13.1. The van der Waals surface area contributed by atoms with Gasteiger partial charge in [0.1, 0.15) is 0 Å². The molecule has 1 heterocycles. The molecule has 0 aliphatic carbocycles. The van der Waals surface area contributed by atoms with Crippen molar-refractivity contribution in [2.45, 2.75) is 52.2 Å². The van der Waals surface area contributed by atoms with Crippen LogP contribution in [0.1, 0.15) is 20.3 Å². The average molecular weight is 327 g/mol. The number of hydrogen-bond donors (Lipinski definition) is 0. The van der Waals surface area contributed by atoms with E-state index in [1.807, 2.05) is 13.5 Å². The number of ether oxygens (including phenoxy) is 1. The minimum absolute atomic E-state index is 0.0593. The van der Waals surface area contributed by atoms with Gasteiger partial charge in [0.15, 0.2) is 0 Å². The Labute approximate surface area is 117 Å². The van der Waals surface area contributed by atoms with Crippen LogP contribution in [0.15, 0.2) is 0 Å². The zero-order chi connectivity index (χ0) is 13.8. The molecule has 1 saturated heterocycles. The third-order valence-electron chi connectivity index (χ3n) is 2.87. The maximum absolute atomic E-state index is 6.34. The highest BCUT2D eigenvalue weighted by Gasteiger charge is 2.48. The highest BCUT2D eigenvalue weighted by molar-refractivity contribution is 6.85. The number of hydrogen-bond acceptors (Lipinski definition) is 5. The molecule has 0 aromatic carbocycles. The van der Waals surface area contributed by atoms with Crippen molar-refractivity contribution in [3.05, 3.63) is 0 Å². The fraction of sp³-hybridized carbons (Fsp3) is 1.00. The van der Waals surface area contributed by atoms with Crippen LogP contribution in [0.2, 0.25) is 26.2 Å². The molecular weight excluding hydrogens is 300 g/mol. The van der Waals surface area contributed by atoms with Gasteiger partial charge in [0.2, 0.25) is 0 Å². The molecule has 0 aromatic heterocycles. The predicted octanol–water partition coefficient (Wildman–Crippen LogP) is 1.04. The van der Waals surface area contributed by atoms with Crippen molar-refractivity contribution >= 4 is 36.4 Å². The normalized spacial score (nSPS) is 36.0. The maximum Gasteiger partial charge on any atom is 0.346 e. The second kappa shape index (κ2) is 6.90. The molecule has 9 heteroatoms. The van der Waals surface area contributed by atoms with Crippen LogP contribution in [0.3, 0.4) is 0 Å². The van der Waals surface area contributed by atoms with Gasteiger partial charge in [0.05, 0.1) is 5.73 Å². The SMILES string of the molecule is CCOC(CC)[Si]1(C)O[SiH2]O[SiH](C)O[Si](C)(C)O1. The molecule has 3 unspecified atom stereocenters. The smallest absolute Gasteiger partial charge is 0.346 e. The first-order valence-electron chi connectivity index (χ1n) is 6.58. The van der Waals surface area contributed by atoms with Crippen LogP contribution in [0.5, 0.6) is 0 Å². The Morgan fingerprint density at radius 3 is 2.50 bits per heavy atom. The molecule has 0 aromatic rings. The molecule has 0 saturated carbocycles. The summed E-state index contributed by atoms with van der Waals surface area (Å²) in [6.07, 6.45) is 0.905. The van der Waals surface area contributed by atoms with Crippen LogP contribution in [-0.4, -0.2) is 48.7 Å². The van der Waals surface area contributed by atoms with E-state index in [1.165, 1.54) is 0 Å². The van der Waals surface area contributed by atoms with E-state index in [-0.39, 0.29) is 5.73 Å². The highest BCUT2D eigenvalue weighted by atomic mass is 28.5. The molecule has 0 amide bonds. The van der Waals surface area contributed by atoms with Gasteiger partial charge in [0, 0.05) is 6.61 Å². The van der Waals surface area contributed by atoms with Crippen molar-refractivity contribution in [2.24, 2.45) is 0 Å². The van der Waals surface area contributed by atoms with Crippen molar-refractivity contribution in [3.8, 4) is 0 Å². The summed E-state index contributed by atoms with van der Waals surface area (Å²) in [5, 5.41) is 0. The van der Waals surface area contributed by atoms with Gasteiger partial charge in [-0.05, 0) is 39.5 Å². The second-order valence-corrected chi connectivity index (χ2v) is 16.1. The summed E-state index contributed by atoms with van der Waals surface area (Å²) in [6, 6.07) is 0. The van der Waals surface area contributed by atoms with Gasteiger partial charge in [-0.2, -0.15) is 0 Å². The lowest BCUT2D eigenvalue weighted by Crippen LogP contribution is -2.62. The molecule has 0 N–H and O–H groups in total. The molecule has 18 heavy (non-hydrogen) atoms. The summed E-state index contributed by atoms with van der Waals surface area (Å²) in [7, 11) is -7.08. The van der Waals surface area contributed by atoms with Gasteiger partial charge >= 0.3 is 17.1 Å². The van der Waals surface area contributed by atoms with Crippen LogP contribution in [0.25, 0.3) is 0 Å².